The maximum Gasteiger partial charge on any atom is 0.271 e. The minimum Gasteiger partial charge on any atom is -0.387 e. The summed E-state index contributed by atoms with van der Waals surface area (Å²) in [6, 6.07) is 10.0. The Bertz CT molecular complexity index is 1050. The number of nitrogens with zero attached hydrogens (tertiary/aromatic N) is 2. The molecule has 2 atom stereocenters. The average molecular weight is 462 g/mol. The monoisotopic (exact) mass is 461 g/mol. The molecule has 162 valence electrons. The van der Waals surface area contributed by atoms with Crippen LogP contribution >= 0.6 is 23.2 Å². The highest BCUT2D eigenvalue weighted by Gasteiger charge is 2.34. The standard InChI is InChI=1S/C22H21Cl2N3O4/c1-3-27-22(29)19(11-30-27)25-21(28)17-5-4-13(6-12(17)2)18-10-20(31-26-18)14-7-15(23)9-16(24)8-14/h4-9,19-20H,3,10-11H2,1-2H3,(H,25,28). The molecule has 0 saturated carbocycles. The van der Waals surface area contributed by atoms with E-state index in [4.69, 9.17) is 32.9 Å². The van der Waals surface area contributed by atoms with E-state index in [0.29, 0.717) is 28.6 Å². The van der Waals surface area contributed by atoms with E-state index in [-0.39, 0.29) is 24.5 Å². The van der Waals surface area contributed by atoms with E-state index in [9.17, 15) is 9.59 Å². The van der Waals surface area contributed by atoms with Gasteiger partial charge in [-0.3, -0.25) is 14.4 Å². The lowest BCUT2D eigenvalue weighted by molar-refractivity contribution is -0.160. The summed E-state index contributed by atoms with van der Waals surface area (Å²) in [4.78, 5) is 35.7. The number of aryl methyl sites for hydroxylation is 1. The van der Waals surface area contributed by atoms with Gasteiger partial charge in [-0.2, -0.15) is 0 Å². The van der Waals surface area contributed by atoms with Crippen LogP contribution in [0.1, 0.15) is 46.5 Å². The zero-order chi connectivity index (χ0) is 22.1. The van der Waals surface area contributed by atoms with Gasteiger partial charge in [0.05, 0.1) is 5.71 Å². The second-order valence-electron chi connectivity index (χ2n) is 7.42. The SMILES string of the molecule is CCN1OCC(NC(=O)c2ccc(C3=NOC(c4cc(Cl)cc(Cl)c4)C3)cc2C)C1=O. The van der Waals surface area contributed by atoms with Crippen molar-refractivity contribution >= 4 is 40.7 Å². The number of nitrogens with one attached hydrogen (secondary N) is 1. The van der Waals surface area contributed by atoms with Crippen molar-refractivity contribution in [2.24, 2.45) is 5.16 Å². The Morgan fingerprint density at radius 3 is 2.61 bits per heavy atom. The highest BCUT2D eigenvalue weighted by molar-refractivity contribution is 6.34. The van der Waals surface area contributed by atoms with Gasteiger partial charge in [-0.05, 0) is 60.9 Å². The lowest BCUT2D eigenvalue weighted by Crippen LogP contribution is -2.42. The van der Waals surface area contributed by atoms with Crippen LogP contribution < -0.4 is 5.32 Å². The van der Waals surface area contributed by atoms with E-state index in [1.54, 1.807) is 12.1 Å². The molecule has 1 N–H and O–H groups in total. The maximum absolute atomic E-state index is 12.7. The molecular weight excluding hydrogens is 441 g/mol. The molecule has 2 aliphatic heterocycles. The molecule has 2 heterocycles. The minimum absolute atomic E-state index is 0.137. The van der Waals surface area contributed by atoms with Crippen LogP contribution in [0.5, 0.6) is 0 Å². The van der Waals surface area contributed by atoms with Crippen LogP contribution in [0.2, 0.25) is 10.0 Å². The summed E-state index contributed by atoms with van der Waals surface area (Å²) in [5.74, 6) is -0.560. The average Bonchev–Trinajstić information content (AvgIpc) is 3.35. The fourth-order valence-electron chi connectivity index (χ4n) is 3.65. The Kier molecular flexibility index (Phi) is 6.18. The van der Waals surface area contributed by atoms with Crippen LogP contribution in [0.15, 0.2) is 41.6 Å². The number of hydrogen-bond donors (Lipinski definition) is 1. The van der Waals surface area contributed by atoms with Crippen molar-refractivity contribution in [3.63, 3.8) is 0 Å². The van der Waals surface area contributed by atoms with Crippen LogP contribution in [-0.2, 0) is 14.5 Å². The molecule has 1 saturated heterocycles. The molecule has 0 radical (unpaired) electrons. The summed E-state index contributed by atoms with van der Waals surface area (Å²) >= 11 is 12.2. The van der Waals surface area contributed by atoms with Crippen LogP contribution in [0.4, 0.5) is 0 Å². The molecule has 2 amide bonds. The zero-order valence-corrected chi connectivity index (χ0v) is 18.5. The first-order valence-corrected chi connectivity index (χ1v) is 10.7. The lowest BCUT2D eigenvalue weighted by atomic mass is 9.97. The van der Waals surface area contributed by atoms with Gasteiger partial charge >= 0.3 is 0 Å². The van der Waals surface area contributed by atoms with Crippen LogP contribution in [0.3, 0.4) is 0 Å². The van der Waals surface area contributed by atoms with Crippen molar-refractivity contribution in [2.75, 3.05) is 13.2 Å². The summed E-state index contributed by atoms with van der Waals surface area (Å²) in [5.41, 5.74) is 3.75. The molecule has 0 aliphatic carbocycles. The van der Waals surface area contributed by atoms with Gasteiger partial charge < -0.3 is 10.2 Å². The van der Waals surface area contributed by atoms with E-state index in [1.807, 2.05) is 38.1 Å². The van der Waals surface area contributed by atoms with Gasteiger partial charge in [-0.15, -0.1) is 0 Å². The molecule has 7 nitrogen and oxygen atoms in total. The summed E-state index contributed by atoms with van der Waals surface area (Å²) in [5, 5.41) is 9.29. The predicted molar refractivity (Wildman–Crippen MR) is 117 cm³/mol. The first-order chi connectivity index (χ1) is 14.9. The predicted octanol–water partition coefficient (Wildman–Crippen LogP) is 4.06. The first kappa shape index (κ1) is 21.6. The smallest absolute Gasteiger partial charge is 0.271 e. The molecule has 31 heavy (non-hydrogen) atoms. The van der Waals surface area contributed by atoms with Crippen LogP contribution in [-0.4, -0.2) is 41.8 Å². The first-order valence-electron chi connectivity index (χ1n) is 9.90. The zero-order valence-electron chi connectivity index (χ0n) is 17.0. The van der Waals surface area contributed by atoms with E-state index in [1.165, 1.54) is 5.06 Å². The van der Waals surface area contributed by atoms with Crippen molar-refractivity contribution in [1.82, 2.24) is 10.4 Å². The fourth-order valence-corrected chi connectivity index (χ4v) is 4.19. The fraction of sp³-hybridized carbons (Fsp3) is 0.318. The molecule has 2 aliphatic rings. The maximum atomic E-state index is 12.7. The second kappa shape index (κ2) is 8.86. The van der Waals surface area contributed by atoms with Gasteiger partial charge in [0.25, 0.3) is 11.8 Å². The largest absolute Gasteiger partial charge is 0.387 e. The summed E-state index contributed by atoms with van der Waals surface area (Å²) < 4.78 is 0. The molecule has 4 rings (SSSR count). The van der Waals surface area contributed by atoms with Crippen LogP contribution in [0, 0.1) is 6.92 Å². The summed E-state index contributed by atoms with van der Waals surface area (Å²) in [7, 11) is 0. The van der Waals surface area contributed by atoms with E-state index in [0.717, 1.165) is 22.4 Å². The Morgan fingerprint density at radius 1 is 1.23 bits per heavy atom. The van der Waals surface area contributed by atoms with Gasteiger partial charge in [0, 0.05) is 28.6 Å². The second-order valence-corrected chi connectivity index (χ2v) is 8.30. The van der Waals surface area contributed by atoms with Crippen molar-refractivity contribution in [1.29, 1.82) is 0 Å². The lowest BCUT2D eigenvalue weighted by Gasteiger charge is -2.13. The summed E-state index contributed by atoms with van der Waals surface area (Å²) in [6.07, 6.45) is 0.284. The number of hydroxylamine groups is 2. The molecule has 0 spiro atoms. The molecule has 9 heteroatoms. The molecular formula is C22H21Cl2N3O4. The third-order valence-electron chi connectivity index (χ3n) is 5.26. The molecule has 1 fully saturated rings. The van der Waals surface area contributed by atoms with Gasteiger partial charge in [-0.25, -0.2) is 5.06 Å². The minimum atomic E-state index is -0.676. The van der Waals surface area contributed by atoms with Gasteiger partial charge in [0.15, 0.2) is 6.10 Å². The topological polar surface area (TPSA) is 80.2 Å². The molecule has 0 aromatic heterocycles. The number of likely N-dealkylation sites (N-methyl/N-ethyl adjacent to an activating group) is 1. The Morgan fingerprint density at radius 2 is 1.97 bits per heavy atom. The molecule has 2 aromatic rings. The van der Waals surface area contributed by atoms with E-state index in [2.05, 4.69) is 10.5 Å². The van der Waals surface area contributed by atoms with Crippen LogP contribution in [0.25, 0.3) is 0 Å². The van der Waals surface area contributed by atoms with Gasteiger partial charge in [-0.1, -0.05) is 34.4 Å². The Hall–Kier alpha value is -2.61. The summed E-state index contributed by atoms with van der Waals surface area (Å²) in [6.45, 7) is 4.23. The number of amides is 2. The molecule has 2 aromatic carbocycles. The number of halogens is 2. The molecule has 2 unspecified atom stereocenters. The third kappa shape index (κ3) is 4.54. The van der Waals surface area contributed by atoms with E-state index < -0.39 is 6.04 Å². The number of carbonyl (C=O) groups excluding carboxylic acids is 2. The van der Waals surface area contributed by atoms with Gasteiger partial charge in [0.2, 0.25) is 0 Å². The molecule has 0 bridgehead atoms. The quantitative estimate of drug-likeness (QED) is 0.727. The van der Waals surface area contributed by atoms with Gasteiger partial charge in [0.1, 0.15) is 12.6 Å². The highest BCUT2D eigenvalue weighted by Crippen LogP contribution is 2.33. The van der Waals surface area contributed by atoms with Crippen molar-refractivity contribution in [3.05, 3.63) is 68.7 Å². The normalized spacial score (nSPS) is 20.6. The number of benzene rings is 2. The highest BCUT2D eigenvalue weighted by atomic mass is 35.5. The van der Waals surface area contributed by atoms with E-state index >= 15 is 0 Å². The van der Waals surface area contributed by atoms with Crippen molar-refractivity contribution < 1.29 is 19.3 Å². The van der Waals surface area contributed by atoms with Crippen molar-refractivity contribution in [3.8, 4) is 0 Å². The number of carbonyl (C=O) groups is 2. The van der Waals surface area contributed by atoms with Crippen molar-refractivity contribution in [2.45, 2.75) is 32.4 Å². The Balaban J connectivity index is 1.44. The number of rotatable bonds is 5. The Labute approximate surface area is 189 Å². The number of hydrogen-bond acceptors (Lipinski definition) is 5. The number of oxime groups is 1. The third-order valence-corrected chi connectivity index (χ3v) is 5.70.